The van der Waals surface area contributed by atoms with Crippen LogP contribution in [0, 0.1) is 5.92 Å². The number of thiazole rings is 1. The minimum absolute atomic E-state index is 0.0439. The van der Waals surface area contributed by atoms with Crippen LogP contribution in [-0.4, -0.2) is 28.0 Å². The van der Waals surface area contributed by atoms with Crippen LogP contribution in [-0.2, 0) is 0 Å². The third-order valence-corrected chi connectivity index (χ3v) is 4.96. The molecule has 1 aromatic carbocycles. The SMILES string of the molecule is CC(C)C(O)c1c(C(=O)N(C)c2nccs2)c(=O)[nH]c2ccccc12. The Kier molecular flexibility index (Phi) is 4.69. The number of rotatable bonds is 4. The number of H-pyrrole nitrogens is 1. The number of aromatic amines is 1. The van der Waals surface area contributed by atoms with E-state index in [4.69, 9.17) is 0 Å². The molecular weight excluding hydrogens is 338 g/mol. The summed E-state index contributed by atoms with van der Waals surface area (Å²) in [4.78, 5) is 33.9. The number of nitrogens with one attached hydrogen (secondary N) is 1. The first kappa shape index (κ1) is 17.3. The van der Waals surface area contributed by atoms with Crippen LogP contribution in [0.2, 0.25) is 0 Å². The Labute approximate surface area is 148 Å². The second kappa shape index (κ2) is 6.78. The smallest absolute Gasteiger partial charge is 0.265 e. The number of aromatic nitrogens is 2. The van der Waals surface area contributed by atoms with Crippen LogP contribution >= 0.6 is 11.3 Å². The highest BCUT2D eigenvalue weighted by Gasteiger charge is 2.28. The lowest BCUT2D eigenvalue weighted by Crippen LogP contribution is -2.34. The molecular formula is C18H19N3O3S. The summed E-state index contributed by atoms with van der Waals surface area (Å²) in [5.74, 6) is -0.640. The van der Waals surface area contributed by atoms with Gasteiger partial charge in [-0.1, -0.05) is 32.0 Å². The first-order valence-electron chi connectivity index (χ1n) is 7.92. The Morgan fingerprint density at radius 2 is 2.04 bits per heavy atom. The number of carbonyl (C=O) groups excluding carboxylic acids is 1. The second-order valence-electron chi connectivity index (χ2n) is 6.16. The number of pyridine rings is 1. The number of aliphatic hydroxyl groups is 1. The van der Waals surface area contributed by atoms with Crippen molar-refractivity contribution in [2.24, 2.45) is 5.92 Å². The molecule has 0 radical (unpaired) electrons. The van der Waals surface area contributed by atoms with Crippen molar-refractivity contribution in [3.63, 3.8) is 0 Å². The van der Waals surface area contributed by atoms with Gasteiger partial charge in [-0.05, 0) is 12.0 Å². The van der Waals surface area contributed by atoms with Gasteiger partial charge in [-0.3, -0.25) is 14.5 Å². The van der Waals surface area contributed by atoms with Gasteiger partial charge in [0.25, 0.3) is 11.5 Å². The summed E-state index contributed by atoms with van der Waals surface area (Å²) in [7, 11) is 1.57. The lowest BCUT2D eigenvalue weighted by molar-refractivity contribution is 0.0972. The predicted molar refractivity (Wildman–Crippen MR) is 99.2 cm³/mol. The van der Waals surface area contributed by atoms with E-state index >= 15 is 0 Å². The van der Waals surface area contributed by atoms with E-state index in [0.29, 0.717) is 21.6 Å². The van der Waals surface area contributed by atoms with Gasteiger partial charge in [-0.15, -0.1) is 11.3 Å². The quantitative estimate of drug-likeness (QED) is 0.752. The third kappa shape index (κ3) is 3.08. The van der Waals surface area contributed by atoms with E-state index in [1.54, 1.807) is 36.8 Å². The fourth-order valence-electron chi connectivity index (χ4n) is 2.76. The van der Waals surface area contributed by atoms with Gasteiger partial charge in [-0.2, -0.15) is 0 Å². The summed E-state index contributed by atoms with van der Waals surface area (Å²) in [6.07, 6.45) is 0.661. The molecule has 2 aromatic heterocycles. The monoisotopic (exact) mass is 357 g/mol. The molecule has 0 fully saturated rings. The van der Waals surface area contributed by atoms with Crippen LogP contribution in [0.4, 0.5) is 5.13 Å². The Hall–Kier alpha value is -2.51. The van der Waals surface area contributed by atoms with Crippen LogP contribution in [0.15, 0.2) is 40.6 Å². The molecule has 7 heteroatoms. The first-order valence-corrected chi connectivity index (χ1v) is 8.80. The molecule has 3 aromatic rings. The average Bonchev–Trinajstić information content (AvgIpc) is 3.13. The van der Waals surface area contributed by atoms with Gasteiger partial charge >= 0.3 is 0 Å². The number of hydrogen-bond acceptors (Lipinski definition) is 5. The van der Waals surface area contributed by atoms with E-state index in [1.807, 2.05) is 19.9 Å². The van der Waals surface area contributed by atoms with E-state index in [2.05, 4.69) is 9.97 Å². The van der Waals surface area contributed by atoms with Crippen molar-refractivity contribution in [2.45, 2.75) is 20.0 Å². The van der Waals surface area contributed by atoms with Crippen LogP contribution in [0.3, 0.4) is 0 Å². The van der Waals surface area contributed by atoms with Gasteiger partial charge in [0.2, 0.25) is 0 Å². The first-order chi connectivity index (χ1) is 11.9. The van der Waals surface area contributed by atoms with Crippen molar-refractivity contribution in [3.05, 3.63) is 57.3 Å². The Bertz CT molecular complexity index is 963. The maximum Gasteiger partial charge on any atom is 0.265 e. The summed E-state index contributed by atoms with van der Waals surface area (Å²) in [5, 5.41) is 13.6. The maximum absolute atomic E-state index is 13.0. The third-order valence-electron chi connectivity index (χ3n) is 4.11. The van der Waals surface area contributed by atoms with Crippen molar-refractivity contribution < 1.29 is 9.90 Å². The number of aliphatic hydroxyl groups excluding tert-OH is 1. The van der Waals surface area contributed by atoms with Gasteiger partial charge in [0.1, 0.15) is 5.56 Å². The molecule has 0 saturated carbocycles. The van der Waals surface area contributed by atoms with Gasteiger partial charge < -0.3 is 10.1 Å². The van der Waals surface area contributed by atoms with Crippen LogP contribution in [0.5, 0.6) is 0 Å². The Morgan fingerprint density at radius 3 is 2.68 bits per heavy atom. The van der Waals surface area contributed by atoms with Crippen molar-refractivity contribution in [1.29, 1.82) is 0 Å². The molecule has 2 N–H and O–H groups in total. The molecule has 0 spiro atoms. The normalized spacial score (nSPS) is 12.5. The molecule has 0 aliphatic rings. The molecule has 0 aliphatic heterocycles. The molecule has 1 amide bonds. The summed E-state index contributed by atoms with van der Waals surface area (Å²) in [6.45, 7) is 3.69. The zero-order valence-corrected chi connectivity index (χ0v) is 15.0. The Balaban J connectivity index is 2.26. The molecule has 0 saturated heterocycles. The predicted octanol–water partition coefficient (Wildman–Crippen LogP) is 2.95. The van der Waals surface area contributed by atoms with E-state index in [9.17, 15) is 14.7 Å². The van der Waals surface area contributed by atoms with Gasteiger partial charge in [0.15, 0.2) is 5.13 Å². The van der Waals surface area contributed by atoms with Crippen molar-refractivity contribution >= 4 is 33.3 Å². The van der Waals surface area contributed by atoms with E-state index in [0.717, 1.165) is 0 Å². The van der Waals surface area contributed by atoms with Crippen molar-refractivity contribution in [1.82, 2.24) is 9.97 Å². The number of anilines is 1. The average molecular weight is 357 g/mol. The topological polar surface area (TPSA) is 86.3 Å². The zero-order chi connectivity index (χ0) is 18.1. The van der Waals surface area contributed by atoms with Crippen molar-refractivity contribution in [2.75, 3.05) is 11.9 Å². The van der Waals surface area contributed by atoms with E-state index in [-0.39, 0.29) is 11.5 Å². The second-order valence-corrected chi connectivity index (χ2v) is 7.03. The lowest BCUT2D eigenvalue weighted by Gasteiger charge is -2.22. The Morgan fingerprint density at radius 1 is 1.32 bits per heavy atom. The number of nitrogens with zero attached hydrogens (tertiary/aromatic N) is 2. The molecule has 1 unspecified atom stereocenters. The standard InChI is InChI=1S/C18H19N3O3S/c1-10(2)15(22)13-11-6-4-5-7-12(11)20-16(23)14(13)17(24)21(3)18-19-8-9-25-18/h4-10,15,22H,1-3H3,(H,20,23). The number of amides is 1. The van der Waals surface area contributed by atoms with Gasteiger partial charge in [0, 0.05) is 35.1 Å². The highest BCUT2D eigenvalue weighted by molar-refractivity contribution is 7.13. The minimum atomic E-state index is -0.934. The number of fused-ring (bicyclic) bond motifs is 1. The molecule has 0 aliphatic carbocycles. The number of hydrogen-bond donors (Lipinski definition) is 2. The minimum Gasteiger partial charge on any atom is -0.388 e. The van der Waals surface area contributed by atoms with Gasteiger partial charge in [-0.25, -0.2) is 4.98 Å². The van der Waals surface area contributed by atoms with Crippen molar-refractivity contribution in [3.8, 4) is 0 Å². The number of para-hydroxylation sites is 1. The molecule has 1 atom stereocenters. The largest absolute Gasteiger partial charge is 0.388 e. The molecule has 130 valence electrons. The van der Waals surface area contributed by atoms with Crippen LogP contribution in [0.25, 0.3) is 10.9 Å². The van der Waals surface area contributed by atoms with Crippen LogP contribution < -0.4 is 10.5 Å². The van der Waals surface area contributed by atoms with E-state index in [1.165, 1.54) is 16.2 Å². The lowest BCUT2D eigenvalue weighted by atomic mass is 9.91. The molecule has 25 heavy (non-hydrogen) atoms. The highest BCUT2D eigenvalue weighted by Crippen LogP contribution is 2.30. The molecule has 2 heterocycles. The number of benzene rings is 1. The summed E-state index contributed by atoms with van der Waals surface area (Å²) < 4.78 is 0. The highest BCUT2D eigenvalue weighted by atomic mass is 32.1. The molecule has 6 nitrogen and oxygen atoms in total. The fourth-order valence-corrected chi connectivity index (χ4v) is 3.36. The van der Waals surface area contributed by atoms with E-state index < -0.39 is 17.6 Å². The molecule has 0 bridgehead atoms. The summed E-state index contributed by atoms with van der Waals surface area (Å²) in [6, 6.07) is 7.17. The number of carbonyl (C=O) groups is 1. The van der Waals surface area contributed by atoms with Gasteiger partial charge in [0.05, 0.1) is 6.10 Å². The summed E-state index contributed by atoms with van der Waals surface area (Å²) >= 11 is 1.30. The molecule has 3 rings (SSSR count). The zero-order valence-electron chi connectivity index (χ0n) is 14.2. The summed E-state index contributed by atoms with van der Waals surface area (Å²) in [5.41, 5.74) is 0.401. The maximum atomic E-state index is 13.0. The van der Waals surface area contributed by atoms with Crippen LogP contribution in [0.1, 0.15) is 35.9 Å². The fraction of sp³-hybridized carbons (Fsp3) is 0.278.